The predicted molar refractivity (Wildman–Crippen MR) is 81.5 cm³/mol. The molecular formula is C13H26N4O3S. The fraction of sp³-hybridized carbons (Fsp3) is 0.923. The number of amides is 1. The van der Waals surface area contributed by atoms with Crippen LogP contribution in [0.15, 0.2) is 0 Å². The highest BCUT2D eigenvalue weighted by molar-refractivity contribution is 7.88. The number of carbonyl (C=O) groups excluding carboxylic acids is 1. The Bertz CT molecular complexity index is 442. The summed E-state index contributed by atoms with van der Waals surface area (Å²) in [6, 6.07) is 0.432. The monoisotopic (exact) mass is 318 g/mol. The summed E-state index contributed by atoms with van der Waals surface area (Å²) in [5, 5.41) is 3.01. The van der Waals surface area contributed by atoms with Crippen molar-refractivity contribution in [3.8, 4) is 0 Å². The largest absolute Gasteiger partial charge is 0.352 e. The highest BCUT2D eigenvalue weighted by Gasteiger charge is 2.25. The van der Waals surface area contributed by atoms with Crippen molar-refractivity contribution in [1.29, 1.82) is 0 Å². The normalized spacial score (nSPS) is 21.4. The highest BCUT2D eigenvalue weighted by atomic mass is 32.2. The molecule has 7 nitrogen and oxygen atoms in total. The van der Waals surface area contributed by atoms with E-state index >= 15 is 0 Å². The van der Waals surface area contributed by atoms with Gasteiger partial charge in [-0.25, -0.2) is 13.1 Å². The first-order valence-corrected chi connectivity index (χ1v) is 9.50. The summed E-state index contributed by atoms with van der Waals surface area (Å²) < 4.78 is 24.4. The van der Waals surface area contributed by atoms with Gasteiger partial charge >= 0.3 is 0 Å². The van der Waals surface area contributed by atoms with Gasteiger partial charge in [0.25, 0.3) is 0 Å². The van der Waals surface area contributed by atoms with Crippen molar-refractivity contribution in [2.24, 2.45) is 0 Å². The zero-order chi connectivity index (χ0) is 15.3. The molecule has 0 radical (unpaired) electrons. The summed E-state index contributed by atoms with van der Waals surface area (Å²) in [6.07, 6.45) is 4.25. The lowest BCUT2D eigenvalue weighted by Gasteiger charge is -2.34. The zero-order valence-corrected chi connectivity index (χ0v) is 13.5. The molecule has 2 aliphatic rings. The van der Waals surface area contributed by atoms with Crippen LogP contribution in [-0.2, 0) is 14.8 Å². The molecule has 1 heterocycles. The van der Waals surface area contributed by atoms with Crippen molar-refractivity contribution in [2.45, 2.75) is 25.3 Å². The number of rotatable bonds is 8. The number of sulfonamides is 1. The Kier molecular flexibility index (Phi) is 5.98. The minimum absolute atomic E-state index is 0.142. The third-order valence-corrected chi connectivity index (χ3v) is 4.52. The molecule has 1 saturated carbocycles. The average molecular weight is 318 g/mol. The van der Waals surface area contributed by atoms with Gasteiger partial charge in [0.1, 0.15) is 0 Å². The van der Waals surface area contributed by atoms with Gasteiger partial charge < -0.3 is 10.2 Å². The number of nitrogens with one attached hydrogen (secondary N) is 2. The van der Waals surface area contributed by atoms with Crippen LogP contribution in [0.2, 0.25) is 0 Å². The van der Waals surface area contributed by atoms with Crippen LogP contribution in [-0.4, -0.2) is 82.2 Å². The SMILES string of the molecule is CS(=O)(=O)NCCCN1CCN(CC(=O)NC2CC2)CC1. The second-order valence-corrected chi connectivity index (χ2v) is 7.81. The number of hydrogen-bond acceptors (Lipinski definition) is 5. The van der Waals surface area contributed by atoms with E-state index in [0.717, 1.165) is 52.0 Å². The van der Waals surface area contributed by atoms with Crippen LogP contribution in [0, 0.1) is 0 Å². The van der Waals surface area contributed by atoms with Crippen LogP contribution in [0.1, 0.15) is 19.3 Å². The van der Waals surface area contributed by atoms with Crippen molar-refractivity contribution in [1.82, 2.24) is 19.8 Å². The third-order valence-electron chi connectivity index (χ3n) is 3.79. The maximum Gasteiger partial charge on any atom is 0.234 e. The Labute approximate surface area is 127 Å². The van der Waals surface area contributed by atoms with Crippen molar-refractivity contribution in [3.05, 3.63) is 0 Å². The summed E-state index contributed by atoms with van der Waals surface area (Å²) >= 11 is 0. The van der Waals surface area contributed by atoms with Crippen LogP contribution in [0.25, 0.3) is 0 Å². The smallest absolute Gasteiger partial charge is 0.234 e. The Hall–Kier alpha value is -0.700. The van der Waals surface area contributed by atoms with E-state index in [-0.39, 0.29) is 5.91 Å². The third kappa shape index (κ3) is 7.21. The van der Waals surface area contributed by atoms with Crippen molar-refractivity contribution in [2.75, 3.05) is 52.1 Å². The maximum atomic E-state index is 11.7. The van der Waals surface area contributed by atoms with Crippen molar-refractivity contribution < 1.29 is 13.2 Å². The van der Waals surface area contributed by atoms with Gasteiger partial charge in [0.05, 0.1) is 12.8 Å². The molecule has 0 aromatic rings. The van der Waals surface area contributed by atoms with E-state index in [9.17, 15) is 13.2 Å². The van der Waals surface area contributed by atoms with Gasteiger partial charge in [-0.15, -0.1) is 0 Å². The van der Waals surface area contributed by atoms with E-state index in [2.05, 4.69) is 19.8 Å². The number of hydrogen-bond donors (Lipinski definition) is 2. The summed E-state index contributed by atoms with van der Waals surface area (Å²) in [5.41, 5.74) is 0. The van der Waals surface area contributed by atoms with E-state index in [1.807, 2.05) is 0 Å². The van der Waals surface area contributed by atoms with Gasteiger partial charge in [-0.05, 0) is 25.8 Å². The van der Waals surface area contributed by atoms with E-state index < -0.39 is 10.0 Å². The van der Waals surface area contributed by atoms with Gasteiger partial charge in [0.15, 0.2) is 0 Å². The van der Waals surface area contributed by atoms with Gasteiger partial charge in [-0.1, -0.05) is 0 Å². The fourth-order valence-electron chi connectivity index (χ4n) is 2.44. The van der Waals surface area contributed by atoms with Crippen molar-refractivity contribution >= 4 is 15.9 Å². The molecule has 2 fully saturated rings. The first kappa shape index (κ1) is 16.7. The maximum absolute atomic E-state index is 11.7. The molecule has 8 heteroatoms. The molecule has 0 aromatic heterocycles. The molecule has 1 aliphatic carbocycles. The lowest BCUT2D eigenvalue weighted by atomic mass is 10.3. The predicted octanol–water partition coefficient (Wildman–Crippen LogP) is -1.18. The second kappa shape index (κ2) is 7.53. The van der Waals surface area contributed by atoms with E-state index in [4.69, 9.17) is 0 Å². The molecule has 2 N–H and O–H groups in total. The number of carbonyl (C=O) groups is 1. The molecule has 1 aliphatic heterocycles. The standard InChI is InChI=1S/C13H26N4O3S/c1-21(19,20)14-5-2-6-16-7-9-17(10-8-16)11-13(18)15-12-3-4-12/h12,14H,2-11H2,1H3,(H,15,18). The summed E-state index contributed by atoms with van der Waals surface area (Å²) in [4.78, 5) is 16.2. The molecule has 0 bridgehead atoms. The van der Waals surface area contributed by atoms with Gasteiger partial charge in [0.2, 0.25) is 15.9 Å². The Balaban J connectivity index is 1.54. The first-order chi connectivity index (χ1) is 9.92. The Morgan fingerprint density at radius 1 is 1.14 bits per heavy atom. The summed E-state index contributed by atoms with van der Waals surface area (Å²) in [7, 11) is -3.08. The van der Waals surface area contributed by atoms with Gasteiger partial charge in [0, 0.05) is 38.8 Å². The van der Waals surface area contributed by atoms with Crippen LogP contribution in [0.4, 0.5) is 0 Å². The molecule has 2 rings (SSSR count). The second-order valence-electron chi connectivity index (χ2n) is 5.98. The van der Waals surface area contributed by atoms with E-state index in [0.29, 0.717) is 19.1 Å². The summed E-state index contributed by atoms with van der Waals surface area (Å²) in [5.74, 6) is 0.142. The minimum Gasteiger partial charge on any atom is -0.352 e. The molecule has 1 saturated heterocycles. The van der Waals surface area contributed by atoms with Crippen LogP contribution in [0.5, 0.6) is 0 Å². The molecule has 0 spiro atoms. The van der Waals surface area contributed by atoms with Gasteiger partial charge in [-0.3, -0.25) is 9.69 Å². The van der Waals surface area contributed by atoms with Crippen LogP contribution in [0.3, 0.4) is 0 Å². The lowest BCUT2D eigenvalue weighted by Crippen LogP contribution is -2.50. The molecule has 0 aromatic carbocycles. The van der Waals surface area contributed by atoms with E-state index in [1.165, 1.54) is 6.26 Å². The Morgan fingerprint density at radius 3 is 2.33 bits per heavy atom. The molecular weight excluding hydrogens is 292 g/mol. The quantitative estimate of drug-likeness (QED) is 0.551. The minimum atomic E-state index is -3.08. The van der Waals surface area contributed by atoms with Crippen LogP contribution < -0.4 is 10.0 Å². The lowest BCUT2D eigenvalue weighted by molar-refractivity contribution is -0.122. The topological polar surface area (TPSA) is 81.8 Å². The zero-order valence-electron chi connectivity index (χ0n) is 12.7. The molecule has 1 amide bonds. The average Bonchev–Trinajstić information content (AvgIpc) is 3.19. The van der Waals surface area contributed by atoms with Gasteiger partial charge in [-0.2, -0.15) is 0 Å². The fourth-order valence-corrected chi connectivity index (χ4v) is 2.95. The summed E-state index contributed by atoms with van der Waals surface area (Å²) in [6.45, 7) is 5.56. The first-order valence-electron chi connectivity index (χ1n) is 7.61. The molecule has 0 atom stereocenters. The number of piperazine rings is 1. The number of nitrogens with zero attached hydrogens (tertiary/aromatic N) is 2. The van der Waals surface area contributed by atoms with Crippen LogP contribution >= 0.6 is 0 Å². The Morgan fingerprint density at radius 2 is 1.76 bits per heavy atom. The van der Waals surface area contributed by atoms with E-state index in [1.54, 1.807) is 0 Å². The molecule has 122 valence electrons. The molecule has 21 heavy (non-hydrogen) atoms. The van der Waals surface area contributed by atoms with Crippen molar-refractivity contribution in [3.63, 3.8) is 0 Å². The molecule has 0 unspecified atom stereocenters. The highest BCUT2D eigenvalue weighted by Crippen LogP contribution is 2.18.